The van der Waals surface area contributed by atoms with E-state index in [9.17, 15) is 0 Å². The summed E-state index contributed by atoms with van der Waals surface area (Å²) in [6.45, 7) is 0. The zero-order valence-electron chi connectivity index (χ0n) is 40.6. The van der Waals surface area contributed by atoms with Gasteiger partial charge in [0, 0.05) is 52.8 Å². The van der Waals surface area contributed by atoms with Crippen molar-refractivity contribution in [1.82, 2.24) is 15.0 Å². The molecule has 6 heteroatoms. The zero-order chi connectivity index (χ0) is 49.6. The molecule has 15 aromatic rings. The normalized spacial score (nSPS) is 13.1. The molecule has 0 fully saturated rings. The van der Waals surface area contributed by atoms with Gasteiger partial charge in [-0.25, -0.2) is 15.0 Å². The highest BCUT2D eigenvalue weighted by molar-refractivity contribution is 7.25. The summed E-state index contributed by atoms with van der Waals surface area (Å²) in [5.74, 6) is 1.67. The van der Waals surface area contributed by atoms with Gasteiger partial charge in [0.2, 0.25) is 0 Å². The number of hydrogen-bond donors (Lipinski definition) is 0. The van der Waals surface area contributed by atoms with Gasteiger partial charge >= 0.3 is 0 Å². The fourth-order valence-corrected chi connectivity index (χ4v) is 14.2. The van der Waals surface area contributed by atoms with Gasteiger partial charge in [0.05, 0.1) is 11.0 Å². The first kappa shape index (κ1) is 41.7. The van der Waals surface area contributed by atoms with Gasteiger partial charge in [0.25, 0.3) is 0 Å². The first-order chi connectivity index (χ1) is 37.7. The van der Waals surface area contributed by atoms with Crippen LogP contribution in [0.2, 0.25) is 0 Å². The summed E-state index contributed by atoms with van der Waals surface area (Å²) in [6, 6.07) is 85.0. The number of para-hydroxylation sites is 2. The molecule has 17 rings (SSSR count). The first-order valence-electron chi connectivity index (χ1n) is 25.7. The highest BCUT2D eigenvalue weighted by atomic mass is 32.1. The molecule has 0 radical (unpaired) electrons. The molecule has 11 aromatic carbocycles. The van der Waals surface area contributed by atoms with E-state index in [1.54, 1.807) is 11.3 Å². The van der Waals surface area contributed by atoms with Crippen molar-refractivity contribution >= 4 is 75.4 Å². The lowest BCUT2D eigenvalue weighted by molar-refractivity contribution is 0.668. The Morgan fingerprint density at radius 2 is 0.816 bits per heavy atom. The van der Waals surface area contributed by atoms with Crippen molar-refractivity contribution in [3.8, 4) is 78.7 Å². The lowest BCUT2D eigenvalue weighted by Crippen LogP contribution is -2.25. The second kappa shape index (κ2) is 15.6. The van der Waals surface area contributed by atoms with Crippen LogP contribution in [0.25, 0.3) is 143 Å². The second-order valence-corrected chi connectivity index (χ2v) is 21.1. The minimum absolute atomic E-state index is 0.412. The molecule has 0 saturated heterocycles. The molecule has 0 amide bonds. The topological polar surface area (TPSA) is 65.0 Å². The second-order valence-electron chi connectivity index (χ2n) is 20.1. The van der Waals surface area contributed by atoms with Crippen molar-refractivity contribution in [2.75, 3.05) is 0 Å². The maximum absolute atomic E-state index is 6.71. The van der Waals surface area contributed by atoms with Crippen LogP contribution < -0.4 is 0 Å². The van der Waals surface area contributed by atoms with E-state index in [1.807, 2.05) is 30.3 Å². The number of hydrogen-bond acceptors (Lipinski definition) is 6. The molecule has 76 heavy (non-hydrogen) atoms. The van der Waals surface area contributed by atoms with Gasteiger partial charge < -0.3 is 8.83 Å². The lowest BCUT2D eigenvalue weighted by Gasteiger charge is -2.30. The van der Waals surface area contributed by atoms with Gasteiger partial charge in [-0.2, -0.15) is 0 Å². The Balaban J connectivity index is 0.843. The predicted octanol–water partition coefficient (Wildman–Crippen LogP) is 18.7. The lowest BCUT2D eigenvalue weighted by atomic mass is 9.70. The molecule has 2 aliphatic carbocycles. The van der Waals surface area contributed by atoms with E-state index in [2.05, 4.69) is 206 Å². The van der Waals surface area contributed by atoms with E-state index >= 15 is 0 Å². The molecule has 0 aliphatic heterocycles. The van der Waals surface area contributed by atoms with E-state index in [4.69, 9.17) is 23.8 Å². The maximum Gasteiger partial charge on any atom is 0.167 e. The summed E-state index contributed by atoms with van der Waals surface area (Å²) in [5.41, 5.74) is 20.4. The molecule has 0 saturated carbocycles. The van der Waals surface area contributed by atoms with E-state index < -0.39 is 5.41 Å². The third-order valence-electron chi connectivity index (χ3n) is 16.2. The maximum atomic E-state index is 6.71. The summed E-state index contributed by atoms with van der Waals surface area (Å²) in [6.07, 6.45) is 0. The quantitative estimate of drug-likeness (QED) is 0.172. The third kappa shape index (κ3) is 5.71. The summed E-state index contributed by atoms with van der Waals surface area (Å²) in [7, 11) is 0. The molecular weight excluding hydrogens is 947 g/mol. The van der Waals surface area contributed by atoms with Crippen LogP contribution in [0, 0.1) is 0 Å². The van der Waals surface area contributed by atoms with E-state index in [0.717, 1.165) is 82.6 Å². The summed E-state index contributed by atoms with van der Waals surface area (Å²) < 4.78 is 15.7. The zero-order valence-corrected chi connectivity index (χ0v) is 41.4. The van der Waals surface area contributed by atoms with Crippen LogP contribution in [0.1, 0.15) is 22.3 Å². The number of thiophene rings is 1. The van der Waals surface area contributed by atoms with Crippen molar-refractivity contribution in [3.63, 3.8) is 0 Å². The van der Waals surface area contributed by atoms with Crippen LogP contribution in [0.4, 0.5) is 0 Å². The summed E-state index contributed by atoms with van der Waals surface area (Å²) in [5, 5.41) is 6.30. The van der Waals surface area contributed by atoms with Gasteiger partial charge in [0.15, 0.2) is 17.5 Å². The molecule has 4 heterocycles. The number of furan rings is 2. The molecule has 1 spiro atoms. The monoisotopic (exact) mass is 985 g/mol. The number of fused-ring (bicyclic) bond motifs is 19. The molecule has 5 nitrogen and oxygen atoms in total. The van der Waals surface area contributed by atoms with Crippen molar-refractivity contribution < 1.29 is 8.83 Å². The Labute approximate surface area is 439 Å². The van der Waals surface area contributed by atoms with Crippen molar-refractivity contribution in [3.05, 3.63) is 259 Å². The van der Waals surface area contributed by atoms with Crippen LogP contribution in [-0.2, 0) is 5.41 Å². The van der Waals surface area contributed by atoms with Gasteiger partial charge in [-0.1, -0.05) is 188 Å². The average Bonchev–Trinajstić information content (AvgIpc) is 4.42. The van der Waals surface area contributed by atoms with Crippen molar-refractivity contribution in [1.29, 1.82) is 0 Å². The Morgan fingerprint density at radius 3 is 1.63 bits per heavy atom. The summed E-state index contributed by atoms with van der Waals surface area (Å²) in [4.78, 5) is 16.2. The van der Waals surface area contributed by atoms with Gasteiger partial charge in [-0.15, -0.1) is 11.3 Å². The van der Waals surface area contributed by atoms with Crippen LogP contribution >= 0.6 is 11.3 Å². The smallest absolute Gasteiger partial charge is 0.167 e. The van der Waals surface area contributed by atoms with Gasteiger partial charge in [-0.05, 0) is 115 Å². The van der Waals surface area contributed by atoms with Crippen LogP contribution in [0.3, 0.4) is 0 Å². The SMILES string of the molecule is c1cc(-c2ccc3oc4cccc(-c5nc(-c6cccc7c6oc6ccccc67)nc(-c6cccc7sc8ccccc8c67)n5)c4c3c2)cc(-c2cccc3c2-c2ccccc2C32c3ccccc3-c3ccccc32)c1. The average molecular weight is 986 g/mol. The van der Waals surface area contributed by atoms with E-state index in [-0.39, 0.29) is 0 Å². The molecule has 0 N–H and O–H groups in total. The number of nitrogens with zero attached hydrogens (tertiary/aromatic N) is 3. The Hall–Kier alpha value is -9.75. The molecule has 0 atom stereocenters. The van der Waals surface area contributed by atoms with Crippen molar-refractivity contribution in [2.45, 2.75) is 5.41 Å². The Kier molecular flexibility index (Phi) is 8.58. The van der Waals surface area contributed by atoms with Gasteiger partial charge in [0.1, 0.15) is 22.3 Å². The molecule has 2 aliphatic rings. The number of rotatable bonds is 5. The number of benzene rings is 11. The summed E-state index contributed by atoms with van der Waals surface area (Å²) >= 11 is 1.78. The van der Waals surface area contributed by atoms with Crippen molar-refractivity contribution in [2.24, 2.45) is 0 Å². The van der Waals surface area contributed by atoms with Crippen LogP contribution in [0.15, 0.2) is 245 Å². The Bertz CT molecular complexity index is 4930. The fourth-order valence-electron chi connectivity index (χ4n) is 13.1. The van der Waals surface area contributed by atoms with Crippen LogP contribution in [-0.4, -0.2) is 15.0 Å². The molecular formula is C70H39N3O2S. The third-order valence-corrected chi connectivity index (χ3v) is 17.3. The fraction of sp³-hybridized carbons (Fsp3) is 0.0143. The minimum atomic E-state index is -0.412. The molecule has 0 unspecified atom stereocenters. The van der Waals surface area contributed by atoms with Gasteiger partial charge in [-0.3, -0.25) is 0 Å². The highest BCUT2D eigenvalue weighted by Crippen LogP contribution is 2.64. The predicted molar refractivity (Wildman–Crippen MR) is 311 cm³/mol. The van der Waals surface area contributed by atoms with E-state index in [1.165, 1.54) is 64.9 Å². The largest absolute Gasteiger partial charge is 0.456 e. The highest BCUT2D eigenvalue weighted by Gasteiger charge is 2.52. The first-order valence-corrected chi connectivity index (χ1v) is 26.6. The number of aromatic nitrogens is 3. The standard InChI is InChI=1S/C70H39N3O2S/c1-6-28-54-44(18-1)45-19-2-7-29-55(45)70(54)56-30-8-3-21-48(56)63-43(23-13-31-57(63)70)42-17-11-16-40(38-42)41-36-37-59-53(39-41)64-50(25-14-33-60(64)74-59)67-71-68(51-26-15-35-62-65(51)49-22-5-10-34-61(49)76-62)73-69(72-67)52-27-12-24-47-46-20-4-9-32-58(46)75-66(47)52/h1-39H. The Morgan fingerprint density at radius 1 is 0.303 bits per heavy atom. The minimum Gasteiger partial charge on any atom is -0.456 e. The van der Waals surface area contributed by atoms with E-state index in [0.29, 0.717) is 17.5 Å². The molecule has 4 aromatic heterocycles. The van der Waals surface area contributed by atoms with Crippen LogP contribution in [0.5, 0.6) is 0 Å². The molecule has 352 valence electrons. The molecule has 0 bridgehead atoms.